The van der Waals surface area contributed by atoms with Gasteiger partial charge in [0.15, 0.2) is 0 Å². The number of nitrogens with zero attached hydrogens (tertiary/aromatic N) is 2. The van der Waals surface area contributed by atoms with Crippen LogP contribution in [0.4, 0.5) is 0 Å². The molecule has 25 heavy (non-hydrogen) atoms. The van der Waals surface area contributed by atoms with Gasteiger partial charge in [-0.3, -0.25) is 14.6 Å². The van der Waals surface area contributed by atoms with Crippen molar-refractivity contribution in [1.82, 2.24) is 5.32 Å². The Morgan fingerprint density at radius 1 is 1.32 bits per heavy atom. The molecule has 0 spiro atoms. The van der Waals surface area contributed by atoms with E-state index in [2.05, 4.69) is 39.8 Å². The lowest BCUT2D eigenvalue weighted by Gasteiger charge is -2.22. The van der Waals surface area contributed by atoms with Crippen molar-refractivity contribution in [2.75, 3.05) is 6.54 Å². The van der Waals surface area contributed by atoms with Crippen LogP contribution in [0.25, 0.3) is 0 Å². The van der Waals surface area contributed by atoms with Gasteiger partial charge in [-0.25, -0.2) is 0 Å². The quantitative estimate of drug-likeness (QED) is 0.604. The maximum atomic E-state index is 11.4. The number of amides is 2. The molecule has 1 atom stereocenters. The van der Waals surface area contributed by atoms with Crippen molar-refractivity contribution in [1.29, 1.82) is 0 Å². The first-order valence-corrected chi connectivity index (χ1v) is 7.89. The topological polar surface area (TPSA) is 114 Å². The minimum atomic E-state index is -0.965. The van der Waals surface area contributed by atoms with Gasteiger partial charge in [-0.1, -0.05) is 29.8 Å². The van der Waals surface area contributed by atoms with E-state index in [9.17, 15) is 14.5 Å². The zero-order chi connectivity index (χ0) is 18.2. The SMILES string of the molecule is Cc1ccc(CCN=C/C=C2/C=C(C(=O)N=O)NC(C(N)=O)C2)cc1. The van der Waals surface area contributed by atoms with Gasteiger partial charge >= 0.3 is 5.91 Å². The largest absolute Gasteiger partial charge is 0.369 e. The van der Waals surface area contributed by atoms with Crippen molar-refractivity contribution in [2.24, 2.45) is 15.9 Å². The summed E-state index contributed by atoms with van der Waals surface area (Å²) in [6.07, 6.45) is 5.94. The van der Waals surface area contributed by atoms with Crippen LogP contribution in [0, 0.1) is 11.8 Å². The van der Waals surface area contributed by atoms with E-state index in [1.54, 1.807) is 12.3 Å². The van der Waals surface area contributed by atoms with E-state index in [1.807, 2.05) is 6.92 Å². The fourth-order valence-corrected chi connectivity index (χ4v) is 2.39. The Bertz CT molecular complexity index is 748. The van der Waals surface area contributed by atoms with Gasteiger partial charge in [0.2, 0.25) is 5.91 Å². The third-order valence-corrected chi connectivity index (χ3v) is 3.80. The molecular formula is C18H20N4O3. The lowest BCUT2D eigenvalue weighted by atomic mass is 9.99. The summed E-state index contributed by atoms with van der Waals surface area (Å²) in [6.45, 7) is 2.66. The Hall–Kier alpha value is -3.09. The van der Waals surface area contributed by atoms with Gasteiger partial charge in [-0.05, 0) is 36.6 Å². The standard InChI is InChI=1S/C18H20N4O3/c1-12-2-4-13(5-3-12)6-8-20-9-7-14-10-15(17(19)23)21-16(11-14)18(24)22-25/h2-5,7,9,11,15,21H,6,8,10H2,1H3,(H2,19,23)/b14-7+,20-9?. The molecule has 130 valence electrons. The number of hydrogen-bond acceptors (Lipinski definition) is 5. The Balaban J connectivity index is 1.99. The van der Waals surface area contributed by atoms with Crippen LogP contribution in [0.3, 0.4) is 0 Å². The lowest BCUT2D eigenvalue weighted by Crippen LogP contribution is -2.44. The van der Waals surface area contributed by atoms with Crippen molar-refractivity contribution in [3.8, 4) is 0 Å². The van der Waals surface area contributed by atoms with Gasteiger partial charge in [0.1, 0.15) is 11.7 Å². The van der Waals surface area contributed by atoms with E-state index in [-0.39, 0.29) is 5.70 Å². The number of nitrogens with two attached hydrogens (primary N) is 1. The van der Waals surface area contributed by atoms with Crippen LogP contribution >= 0.6 is 0 Å². The van der Waals surface area contributed by atoms with Crippen molar-refractivity contribution >= 4 is 18.0 Å². The van der Waals surface area contributed by atoms with Gasteiger partial charge in [-0.15, -0.1) is 4.91 Å². The second kappa shape index (κ2) is 8.68. The summed E-state index contributed by atoms with van der Waals surface area (Å²) in [4.78, 5) is 37.5. The summed E-state index contributed by atoms with van der Waals surface area (Å²) in [5.74, 6) is -1.57. The number of carbonyl (C=O) groups excluding carboxylic acids is 2. The molecule has 7 nitrogen and oxygen atoms in total. The maximum Gasteiger partial charge on any atom is 0.332 e. The molecule has 0 aromatic heterocycles. The van der Waals surface area contributed by atoms with Crippen LogP contribution in [0.2, 0.25) is 0 Å². The summed E-state index contributed by atoms with van der Waals surface area (Å²) < 4.78 is 0. The molecule has 2 rings (SSSR count). The molecule has 1 heterocycles. The molecule has 0 bridgehead atoms. The highest BCUT2D eigenvalue weighted by atomic mass is 16.3. The normalized spacial score (nSPS) is 18.7. The average Bonchev–Trinajstić information content (AvgIpc) is 2.62. The highest BCUT2D eigenvalue weighted by Crippen LogP contribution is 2.16. The molecule has 3 N–H and O–H groups in total. The van der Waals surface area contributed by atoms with Crippen LogP contribution in [-0.4, -0.2) is 30.6 Å². The van der Waals surface area contributed by atoms with E-state index in [0.717, 1.165) is 6.42 Å². The molecule has 0 fully saturated rings. The van der Waals surface area contributed by atoms with E-state index in [0.29, 0.717) is 18.5 Å². The number of carbonyl (C=O) groups is 2. The summed E-state index contributed by atoms with van der Waals surface area (Å²) in [6, 6.07) is 7.51. The minimum absolute atomic E-state index is 0.0376. The molecule has 7 heteroatoms. The van der Waals surface area contributed by atoms with Crippen LogP contribution in [-0.2, 0) is 16.0 Å². The average molecular weight is 340 g/mol. The van der Waals surface area contributed by atoms with Gasteiger partial charge < -0.3 is 11.1 Å². The molecule has 1 unspecified atom stereocenters. The van der Waals surface area contributed by atoms with Crippen molar-refractivity contribution in [3.63, 3.8) is 0 Å². The molecule has 0 saturated carbocycles. The molecule has 0 aliphatic carbocycles. The van der Waals surface area contributed by atoms with Crippen LogP contribution in [0.5, 0.6) is 0 Å². The molecule has 1 aromatic carbocycles. The number of aryl methyl sites for hydroxylation is 1. The molecule has 1 aliphatic heterocycles. The highest BCUT2D eigenvalue weighted by Gasteiger charge is 2.25. The highest BCUT2D eigenvalue weighted by molar-refractivity contribution is 5.96. The number of rotatable bonds is 6. The first-order chi connectivity index (χ1) is 12.0. The summed E-state index contributed by atoms with van der Waals surface area (Å²) in [5.41, 5.74) is 8.33. The first-order valence-electron chi connectivity index (χ1n) is 7.89. The van der Waals surface area contributed by atoms with E-state index in [4.69, 9.17) is 5.73 Å². The molecule has 1 aliphatic rings. The van der Waals surface area contributed by atoms with Gasteiger partial charge in [0.05, 0.1) is 0 Å². The number of primary amides is 1. The number of allylic oxidation sites excluding steroid dienone is 2. The summed E-state index contributed by atoms with van der Waals surface area (Å²) >= 11 is 0. The lowest BCUT2D eigenvalue weighted by molar-refractivity contribution is -0.120. The smallest absolute Gasteiger partial charge is 0.332 e. The second-order valence-corrected chi connectivity index (χ2v) is 5.79. The van der Waals surface area contributed by atoms with Gasteiger partial charge in [0.25, 0.3) is 0 Å². The Kier molecular flexibility index (Phi) is 6.33. The van der Waals surface area contributed by atoms with Crippen LogP contribution in [0.15, 0.2) is 57.9 Å². The minimum Gasteiger partial charge on any atom is -0.369 e. The molecule has 0 radical (unpaired) electrons. The number of benzene rings is 1. The molecule has 1 aromatic rings. The first kappa shape index (κ1) is 18.3. The summed E-state index contributed by atoms with van der Waals surface area (Å²) in [7, 11) is 0. The van der Waals surface area contributed by atoms with E-state index >= 15 is 0 Å². The van der Waals surface area contributed by atoms with Crippen molar-refractivity contribution < 1.29 is 9.59 Å². The molecular weight excluding hydrogens is 320 g/mol. The predicted octanol–water partition coefficient (Wildman–Crippen LogP) is 1.56. The van der Waals surface area contributed by atoms with Gasteiger partial charge in [-0.2, -0.15) is 0 Å². The van der Waals surface area contributed by atoms with E-state index < -0.39 is 17.9 Å². The Morgan fingerprint density at radius 3 is 2.68 bits per heavy atom. The summed E-state index contributed by atoms with van der Waals surface area (Å²) in [5, 5.41) is 4.98. The number of aliphatic imine (C=N–C) groups is 1. The third kappa shape index (κ3) is 5.49. The fourth-order valence-electron chi connectivity index (χ4n) is 2.39. The maximum absolute atomic E-state index is 11.4. The zero-order valence-corrected chi connectivity index (χ0v) is 13.9. The van der Waals surface area contributed by atoms with Crippen molar-refractivity contribution in [2.45, 2.75) is 25.8 Å². The fraction of sp³-hybridized carbons (Fsp3) is 0.278. The van der Waals surface area contributed by atoms with Crippen LogP contribution < -0.4 is 11.1 Å². The van der Waals surface area contributed by atoms with Crippen LogP contribution in [0.1, 0.15) is 17.5 Å². The Morgan fingerprint density at radius 2 is 2.04 bits per heavy atom. The molecule has 2 amide bonds. The third-order valence-electron chi connectivity index (χ3n) is 3.80. The second-order valence-electron chi connectivity index (χ2n) is 5.79. The predicted molar refractivity (Wildman–Crippen MR) is 95.9 cm³/mol. The number of nitrogens with one attached hydrogen (secondary N) is 1. The number of hydrogen-bond donors (Lipinski definition) is 2. The zero-order valence-electron chi connectivity index (χ0n) is 13.9. The monoisotopic (exact) mass is 340 g/mol. The van der Waals surface area contributed by atoms with Gasteiger partial charge in [0, 0.05) is 24.4 Å². The van der Waals surface area contributed by atoms with Crippen molar-refractivity contribution in [3.05, 3.63) is 63.7 Å². The molecule has 0 saturated heterocycles. The number of nitroso groups, excluding NO2 is 1. The Labute approximate surface area is 145 Å². The van der Waals surface area contributed by atoms with E-state index in [1.165, 1.54) is 17.2 Å².